The molecule has 0 saturated heterocycles. The van der Waals surface area contributed by atoms with Gasteiger partial charge in [-0.05, 0) is 6.42 Å². The van der Waals surface area contributed by atoms with Crippen molar-refractivity contribution in [3.8, 4) is 0 Å². The van der Waals surface area contributed by atoms with Gasteiger partial charge >= 0.3 is 11.4 Å². The van der Waals surface area contributed by atoms with Crippen molar-refractivity contribution in [2.24, 2.45) is 16.5 Å². The molecule has 0 spiro atoms. The number of guanidine groups is 1. The summed E-state index contributed by atoms with van der Waals surface area (Å²) in [7, 11) is 3.13. The average molecular weight is 585 g/mol. The molecule has 0 radical (unpaired) electrons. The van der Waals surface area contributed by atoms with E-state index in [1.165, 1.54) is 9.13 Å². The Morgan fingerprint density at radius 3 is 1.64 bits per heavy atom. The lowest BCUT2D eigenvalue weighted by molar-refractivity contribution is 0.250. The third kappa shape index (κ3) is 6.11. The predicted octanol–water partition coefficient (Wildman–Crippen LogP) is -3.81. The summed E-state index contributed by atoms with van der Waals surface area (Å²) in [4.78, 5) is 78.1. The van der Waals surface area contributed by atoms with Gasteiger partial charge in [-0.15, -0.1) is 0 Å². The van der Waals surface area contributed by atoms with Crippen LogP contribution < -0.4 is 56.1 Å². The fourth-order valence-corrected chi connectivity index (χ4v) is 4.36. The molecule has 4 aromatic rings. The smallest absolute Gasteiger partial charge is 0.351 e. The number of aliphatic imine (C=N–C) groups is 1. The van der Waals surface area contributed by atoms with Gasteiger partial charge in [0.05, 0.1) is 0 Å². The summed E-state index contributed by atoms with van der Waals surface area (Å²) in [6.45, 7) is 1.45. The molecule has 224 valence electrons. The van der Waals surface area contributed by atoms with Crippen molar-refractivity contribution in [1.82, 2.24) is 43.9 Å². The predicted molar refractivity (Wildman–Crippen MR) is 158 cm³/mol. The molecule has 0 fully saturated rings. The van der Waals surface area contributed by atoms with Gasteiger partial charge in [-0.2, -0.15) is 19.9 Å². The van der Waals surface area contributed by atoms with Crippen molar-refractivity contribution < 1.29 is 0 Å². The molecule has 0 aliphatic carbocycles. The lowest BCUT2D eigenvalue weighted by Gasteiger charge is -2.23. The number of hydrogen-bond acceptors (Lipinski definition) is 14. The highest BCUT2D eigenvalue weighted by atomic mass is 16.2. The zero-order valence-corrected chi connectivity index (χ0v) is 23.0. The molecule has 0 aliphatic heterocycles. The number of rotatable bonds is 12. The first-order valence-corrected chi connectivity index (χ1v) is 12.8. The first-order valence-electron chi connectivity index (χ1n) is 12.8. The molecule has 20 heteroatoms. The lowest BCUT2D eigenvalue weighted by Crippen LogP contribution is -2.38. The average Bonchev–Trinajstić information content (AvgIpc) is 2.93. The largest absolute Gasteiger partial charge is 0.383 e. The van der Waals surface area contributed by atoms with Gasteiger partial charge in [0.1, 0.15) is 22.4 Å². The summed E-state index contributed by atoms with van der Waals surface area (Å²) in [5.41, 5.74) is 20.2. The van der Waals surface area contributed by atoms with Crippen molar-refractivity contribution in [2.45, 2.75) is 19.5 Å². The second-order valence-corrected chi connectivity index (χ2v) is 9.09. The lowest BCUT2D eigenvalue weighted by atomic mass is 10.3. The Balaban J connectivity index is 1.67. The second kappa shape index (κ2) is 12.3. The van der Waals surface area contributed by atoms with Gasteiger partial charge in [-0.25, -0.2) is 9.59 Å². The van der Waals surface area contributed by atoms with E-state index in [-0.39, 0.29) is 77.7 Å². The van der Waals surface area contributed by atoms with Gasteiger partial charge in [0.25, 0.3) is 11.1 Å². The molecule has 4 heterocycles. The quantitative estimate of drug-likeness (QED) is 0.0449. The molecule has 20 nitrogen and oxygen atoms in total. The molecule has 0 unspecified atom stereocenters. The van der Waals surface area contributed by atoms with Crippen LogP contribution in [-0.2, 0) is 13.1 Å². The standard InChI is InChI=1S/C22H32N16O4/c1-27-19-32-14-10(16(39)34-19)12(23)30-21(41)37(14)8-6-36(5-3-4-29-18(25)26)7-9-38-15-11(13(24)31-22(38)42)17(40)35-20(28-2)33-15/h3-9H2,1-2H3,(H2,23,30,41)(H2,24,31,42)(H4,25,26,29)(H2,27,32,34,39)(H2,28,33,35,40). The van der Waals surface area contributed by atoms with E-state index >= 15 is 0 Å². The third-order valence-electron chi connectivity index (χ3n) is 6.40. The maximum atomic E-state index is 12.8. The minimum Gasteiger partial charge on any atom is -0.383 e. The zero-order valence-electron chi connectivity index (χ0n) is 23.0. The molecular formula is C22H32N16O4. The third-order valence-corrected chi connectivity index (χ3v) is 6.40. The van der Waals surface area contributed by atoms with Gasteiger partial charge < -0.3 is 33.6 Å². The molecule has 12 N–H and O–H groups in total. The van der Waals surface area contributed by atoms with Crippen LogP contribution in [0.5, 0.6) is 0 Å². The van der Waals surface area contributed by atoms with Gasteiger partial charge in [-0.1, -0.05) is 0 Å². The number of anilines is 4. The van der Waals surface area contributed by atoms with E-state index in [2.05, 4.69) is 45.5 Å². The molecule has 0 aromatic carbocycles. The van der Waals surface area contributed by atoms with E-state index in [0.717, 1.165) is 0 Å². The summed E-state index contributed by atoms with van der Waals surface area (Å²) in [6, 6.07) is 0. The number of aromatic amines is 2. The summed E-state index contributed by atoms with van der Waals surface area (Å²) >= 11 is 0. The number of hydrogen-bond donors (Lipinski definition) is 8. The fourth-order valence-electron chi connectivity index (χ4n) is 4.36. The molecular weight excluding hydrogens is 552 g/mol. The summed E-state index contributed by atoms with van der Waals surface area (Å²) in [5, 5.41) is 5.44. The van der Waals surface area contributed by atoms with Crippen LogP contribution in [0.25, 0.3) is 22.1 Å². The van der Waals surface area contributed by atoms with E-state index in [9.17, 15) is 19.2 Å². The number of nitrogens with one attached hydrogen (secondary N) is 4. The van der Waals surface area contributed by atoms with Gasteiger partial charge in [0.15, 0.2) is 17.3 Å². The van der Waals surface area contributed by atoms with Crippen LogP contribution in [-0.4, -0.2) is 90.2 Å². The Hall–Kier alpha value is -5.53. The van der Waals surface area contributed by atoms with Crippen LogP contribution in [0.3, 0.4) is 0 Å². The zero-order chi connectivity index (χ0) is 30.6. The topological polar surface area (TPSA) is 305 Å². The van der Waals surface area contributed by atoms with E-state index < -0.39 is 22.5 Å². The summed E-state index contributed by atoms with van der Waals surface area (Å²) < 4.78 is 2.49. The second-order valence-electron chi connectivity index (χ2n) is 9.09. The molecule has 0 atom stereocenters. The van der Waals surface area contributed by atoms with Gasteiger partial charge in [0, 0.05) is 53.4 Å². The summed E-state index contributed by atoms with van der Waals surface area (Å²) in [6.07, 6.45) is 0.535. The Kier molecular flexibility index (Phi) is 8.64. The monoisotopic (exact) mass is 584 g/mol. The molecule has 0 saturated carbocycles. The molecule has 0 bridgehead atoms. The molecule has 0 amide bonds. The van der Waals surface area contributed by atoms with E-state index in [1.807, 2.05) is 4.90 Å². The Morgan fingerprint density at radius 2 is 1.24 bits per heavy atom. The van der Waals surface area contributed by atoms with Crippen molar-refractivity contribution in [3.63, 3.8) is 0 Å². The van der Waals surface area contributed by atoms with Crippen LogP contribution >= 0.6 is 0 Å². The van der Waals surface area contributed by atoms with Crippen LogP contribution in [0.1, 0.15) is 6.42 Å². The van der Waals surface area contributed by atoms with Crippen LogP contribution in [0.2, 0.25) is 0 Å². The first kappa shape index (κ1) is 29.5. The number of fused-ring (bicyclic) bond motifs is 2. The highest BCUT2D eigenvalue weighted by molar-refractivity contribution is 5.85. The maximum Gasteiger partial charge on any atom is 0.351 e. The highest BCUT2D eigenvalue weighted by Crippen LogP contribution is 2.13. The highest BCUT2D eigenvalue weighted by Gasteiger charge is 2.18. The Morgan fingerprint density at radius 1 is 0.786 bits per heavy atom. The van der Waals surface area contributed by atoms with E-state index in [4.69, 9.17) is 22.9 Å². The molecule has 4 rings (SSSR count). The molecule has 42 heavy (non-hydrogen) atoms. The molecule has 4 aromatic heterocycles. The minimum atomic E-state index is -0.687. The van der Waals surface area contributed by atoms with Crippen molar-refractivity contribution in [2.75, 3.05) is 62.4 Å². The maximum absolute atomic E-state index is 12.8. The number of nitrogens with zero attached hydrogens (tertiary/aromatic N) is 8. The van der Waals surface area contributed by atoms with E-state index in [0.29, 0.717) is 19.5 Å². The van der Waals surface area contributed by atoms with Crippen LogP contribution in [0, 0.1) is 0 Å². The van der Waals surface area contributed by atoms with Crippen molar-refractivity contribution in [3.05, 3.63) is 41.7 Å². The SMILES string of the molecule is CNc1nc2c(c(N)nc(=O)n2CCN(CCCN=C(N)N)CCn2c(=O)nc(N)c3c(=O)[nH]c(NC)nc32)c(=O)[nH]1. The Bertz CT molecular complexity index is 1760. The van der Waals surface area contributed by atoms with Crippen molar-refractivity contribution in [1.29, 1.82) is 0 Å². The van der Waals surface area contributed by atoms with Gasteiger partial charge in [0.2, 0.25) is 11.9 Å². The Labute approximate surface area is 235 Å². The van der Waals surface area contributed by atoms with Crippen molar-refractivity contribution >= 4 is 51.6 Å². The fraction of sp³-hybridized carbons (Fsp3) is 0.409. The number of H-pyrrole nitrogens is 2. The van der Waals surface area contributed by atoms with Crippen LogP contribution in [0.15, 0.2) is 24.2 Å². The van der Waals surface area contributed by atoms with Gasteiger partial charge in [-0.3, -0.25) is 38.6 Å². The minimum absolute atomic E-state index is 0.0180. The summed E-state index contributed by atoms with van der Waals surface area (Å²) in [5.74, 6) is -0.229. The number of nitrogens with two attached hydrogens (primary N) is 4. The normalized spacial score (nSPS) is 11.3. The number of nitrogen functional groups attached to an aromatic ring is 2. The van der Waals surface area contributed by atoms with E-state index in [1.54, 1.807) is 14.1 Å². The first-order chi connectivity index (χ1) is 20.0. The number of aromatic nitrogens is 8. The molecule has 0 aliphatic rings. The van der Waals surface area contributed by atoms with Crippen LogP contribution in [0.4, 0.5) is 23.5 Å².